The average molecular weight is 353 g/mol. The van der Waals surface area contributed by atoms with Crippen LogP contribution in [0.3, 0.4) is 0 Å². The molecule has 0 N–H and O–H groups in total. The molecule has 0 atom stereocenters. The third-order valence-corrected chi connectivity index (χ3v) is 4.79. The van der Waals surface area contributed by atoms with Crippen LogP contribution in [0.2, 0.25) is 0 Å². The van der Waals surface area contributed by atoms with E-state index in [1.165, 1.54) is 109 Å². The zero-order valence-corrected chi connectivity index (χ0v) is 17.2. The van der Waals surface area contributed by atoms with Gasteiger partial charge in [-0.3, -0.25) is 0 Å². The van der Waals surface area contributed by atoms with E-state index in [1.54, 1.807) is 6.08 Å². The first kappa shape index (κ1) is 24.2. The van der Waals surface area contributed by atoms with Gasteiger partial charge in [-0.2, -0.15) is 0 Å². The molecule has 0 unspecified atom stereocenters. The van der Waals surface area contributed by atoms with E-state index in [-0.39, 0.29) is 5.97 Å². The molecule has 0 spiro atoms. The smallest absolute Gasteiger partial charge is 0.330 e. The SMILES string of the molecule is CC=CC(=O)OCCCCCCCCCCCCCCCCCCC. The van der Waals surface area contributed by atoms with Crippen LogP contribution in [-0.4, -0.2) is 12.6 Å². The van der Waals surface area contributed by atoms with E-state index in [2.05, 4.69) is 6.92 Å². The van der Waals surface area contributed by atoms with Crippen LogP contribution in [0.5, 0.6) is 0 Å². The predicted molar refractivity (Wildman–Crippen MR) is 110 cm³/mol. The summed E-state index contributed by atoms with van der Waals surface area (Å²) in [6.07, 6.45) is 26.5. The first-order valence-electron chi connectivity index (χ1n) is 11.1. The Morgan fingerprint density at radius 1 is 0.640 bits per heavy atom. The molecule has 148 valence electrons. The summed E-state index contributed by atoms with van der Waals surface area (Å²) in [7, 11) is 0. The van der Waals surface area contributed by atoms with E-state index in [9.17, 15) is 4.79 Å². The van der Waals surface area contributed by atoms with E-state index in [4.69, 9.17) is 4.74 Å². The van der Waals surface area contributed by atoms with Gasteiger partial charge in [-0.05, 0) is 13.3 Å². The molecule has 0 amide bonds. The van der Waals surface area contributed by atoms with Crippen LogP contribution in [0.15, 0.2) is 12.2 Å². The Labute approximate surface area is 157 Å². The number of allylic oxidation sites excluding steroid dienone is 1. The van der Waals surface area contributed by atoms with Crippen molar-refractivity contribution in [3.63, 3.8) is 0 Å². The van der Waals surface area contributed by atoms with Crippen LogP contribution < -0.4 is 0 Å². The molecule has 0 radical (unpaired) electrons. The summed E-state index contributed by atoms with van der Waals surface area (Å²) < 4.78 is 5.08. The highest BCUT2D eigenvalue weighted by molar-refractivity contribution is 5.81. The average Bonchev–Trinajstić information content (AvgIpc) is 2.61. The van der Waals surface area contributed by atoms with Gasteiger partial charge in [0.15, 0.2) is 0 Å². The van der Waals surface area contributed by atoms with Crippen LogP contribution in [-0.2, 0) is 9.53 Å². The minimum absolute atomic E-state index is 0.209. The van der Waals surface area contributed by atoms with Crippen LogP contribution in [0, 0.1) is 0 Å². The Hall–Kier alpha value is -0.790. The predicted octanol–water partition coefficient (Wildman–Crippen LogP) is 7.76. The minimum Gasteiger partial charge on any atom is -0.463 e. The fourth-order valence-electron chi connectivity index (χ4n) is 3.18. The van der Waals surface area contributed by atoms with Crippen molar-refractivity contribution in [3.8, 4) is 0 Å². The summed E-state index contributed by atoms with van der Waals surface area (Å²) in [6, 6.07) is 0. The van der Waals surface area contributed by atoms with Crippen LogP contribution in [0.25, 0.3) is 0 Å². The Morgan fingerprint density at radius 2 is 1.00 bits per heavy atom. The molecule has 0 bridgehead atoms. The van der Waals surface area contributed by atoms with Gasteiger partial charge in [0.05, 0.1) is 6.61 Å². The fourth-order valence-corrected chi connectivity index (χ4v) is 3.18. The largest absolute Gasteiger partial charge is 0.463 e. The number of rotatable bonds is 19. The Bertz CT molecular complexity index is 296. The van der Waals surface area contributed by atoms with E-state index in [0.29, 0.717) is 6.61 Å². The molecule has 0 rings (SSSR count). The van der Waals surface area contributed by atoms with E-state index in [1.807, 2.05) is 6.92 Å². The lowest BCUT2D eigenvalue weighted by atomic mass is 10.0. The quantitative estimate of drug-likeness (QED) is 0.135. The highest BCUT2D eigenvalue weighted by Gasteiger charge is 1.97. The summed E-state index contributed by atoms with van der Waals surface area (Å²) in [5, 5.41) is 0. The maximum atomic E-state index is 11.1. The van der Waals surface area contributed by atoms with Gasteiger partial charge in [0, 0.05) is 6.08 Å². The summed E-state index contributed by atoms with van der Waals surface area (Å²) in [5.41, 5.74) is 0. The van der Waals surface area contributed by atoms with E-state index >= 15 is 0 Å². The Kier molecular flexibility index (Phi) is 20.6. The maximum Gasteiger partial charge on any atom is 0.330 e. The normalized spacial score (nSPS) is 11.3. The van der Waals surface area contributed by atoms with Crippen molar-refractivity contribution in [1.29, 1.82) is 0 Å². The van der Waals surface area contributed by atoms with E-state index < -0.39 is 0 Å². The molecule has 0 aromatic carbocycles. The van der Waals surface area contributed by atoms with Crippen molar-refractivity contribution in [3.05, 3.63) is 12.2 Å². The topological polar surface area (TPSA) is 26.3 Å². The van der Waals surface area contributed by atoms with Gasteiger partial charge in [0.1, 0.15) is 0 Å². The molecule has 0 saturated heterocycles. The van der Waals surface area contributed by atoms with Crippen LogP contribution in [0.1, 0.15) is 123 Å². The second-order valence-electron chi connectivity index (χ2n) is 7.32. The number of esters is 1. The van der Waals surface area contributed by atoms with Crippen LogP contribution in [0.4, 0.5) is 0 Å². The molecule has 2 nitrogen and oxygen atoms in total. The monoisotopic (exact) mass is 352 g/mol. The van der Waals surface area contributed by atoms with Crippen molar-refractivity contribution >= 4 is 5.97 Å². The molecular weight excluding hydrogens is 308 g/mol. The summed E-state index contributed by atoms with van der Waals surface area (Å²) in [4.78, 5) is 11.1. The van der Waals surface area contributed by atoms with Gasteiger partial charge in [-0.1, -0.05) is 116 Å². The number of hydrogen-bond donors (Lipinski definition) is 0. The highest BCUT2D eigenvalue weighted by Crippen LogP contribution is 2.14. The Balaban J connectivity index is 3.04. The molecule has 0 saturated carbocycles. The summed E-state index contributed by atoms with van der Waals surface area (Å²) >= 11 is 0. The van der Waals surface area contributed by atoms with Crippen molar-refractivity contribution in [2.75, 3.05) is 6.61 Å². The van der Waals surface area contributed by atoms with E-state index in [0.717, 1.165) is 6.42 Å². The number of carbonyl (C=O) groups excluding carboxylic acids is 1. The molecule has 25 heavy (non-hydrogen) atoms. The lowest BCUT2D eigenvalue weighted by molar-refractivity contribution is -0.137. The van der Waals surface area contributed by atoms with Crippen molar-refractivity contribution in [2.45, 2.75) is 123 Å². The van der Waals surface area contributed by atoms with Gasteiger partial charge >= 0.3 is 5.97 Å². The molecule has 0 fully saturated rings. The van der Waals surface area contributed by atoms with Gasteiger partial charge in [-0.25, -0.2) is 4.79 Å². The lowest BCUT2D eigenvalue weighted by Crippen LogP contribution is -2.01. The second-order valence-corrected chi connectivity index (χ2v) is 7.32. The molecule has 0 aromatic heterocycles. The maximum absolute atomic E-state index is 11.1. The Morgan fingerprint density at radius 3 is 1.36 bits per heavy atom. The minimum atomic E-state index is -0.209. The molecule has 0 aliphatic rings. The zero-order valence-electron chi connectivity index (χ0n) is 17.2. The molecule has 0 aromatic rings. The zero-order chi connectivity index (χ0) is 18.4. The van der Waals surface area contributed by atoms with Crippen molar-refractivity contribution < 1.29 is 9.53 Å². The molecule has 2 heteroatoms. The van der Waals surface area contributed by atoms with Gasteiger partial charge in [-0.15, -0.1) is 0 Å². The number of unbranched alkanes of at least 4 members (excludes halogenated alkanes) is 16. The lowest BCUT2D eigenvalue weighted by Gasteiger charge is -2.04. The summed E-state index contributed by atoms with van der Waals surface area (Å²) in [5.74, 6) is -0.209. The summed E-state index contributed by atoms with van der Waals surface area (Å²) in [6.45, 7) is 4.68. The van der Waals surface area contributed by atoms with Crippen LogP contribution >= 0.6 is 0 Å². The number of hydrogen-bond acceptors (Lipinski definition) is 2. The number of ether oxygens (including phenoxy) is 1. The van der Waals surface area contributed by atoms with Crippen molar-refractivity contribution in [1.82, 2.24) is 0 Å². The number of carbonyl (C=O) groups is 1. The van der Waals surface area contributed by atoms with Gasteiger partial charge in [0.2, 0.25) is 0 Å². The molecule has 0 aliphatic heterocycles. The first-order valence-corrected chi connectivity index (χ1v) is 11.1. The van der Waals surface area contributed by atoms with Gasteiger partial charge < -0.3 is 4.74 Å². The standard InChI is InChI=1S/C23H44O2/c1-3-5-6-7-8-9-10-11-12-13-14-15-16-17-18-19-20-22-25-23(24)21-4-2/h4,21H,3,5-20,22H2,1-2H3. The molecular formula is C23H44O2. The first-order chi connectivity index (χ1) is 12.3. The fraction of sp³-hybridized carbons (Fsp3) is 0.870. The third kappa shape index (κ3) is 21.2. The second kappa shape index (κ2) is 21.3. The third-order valence-electron chi connectivity index (χ3n) is 4.79. The highest BCUT2D eigenvalue weighted by atomic mass is 16.5. The molecule has 0 heterocycles. The molecule has 0 aliphatic carbocycles. The van der Waals surface area contributed by atoms with Gasteiger partial charge in [0.25, 0.3) is 0 Å². The van der Waals surface area contributed by atoms with Crippen molar-refractivity contribution in [2.24, 2.45) is 0 Å².